The van der Waals surface area contributed by atoms with Crippen molar-refractivity contribution in [2.45, 2.75) is 13.3 Å². The Morgan fingerprint density at radius 3 is 2.56 bits per heavy atom. The van der Waals surface area contributed by atoms with Gasteiger partial charge in [0.05, 0.1) is 33.0 Å². The van der Waals surface area contributed by atoms with Crippen LogP contribution in [0.15, 0.2) is 54.9 Å². The van der Waals surface area contributed by atoms with Gasteiger partial charge in [-0.25, -0.2) is 4.39 Å². The average Bonchev–Trinajstić information content (AvgIpc) is 2.94. The van der Waals surface area contributed by atoms with Crippen LogP contribution in [0.3, 0.4) is 0 Å². The molecule has 1 aliphatic heterocycles. The monoisotopic (exact) mass is 531 g/mol. The number of nitrogens with one attached hydrogen (secondary N) is 1. The molecule has 0 radical (unpaired) electrons. The maximum atomic E-state index is 15.1. The molecule has 0 atom stereocenters. The lowest BCUT2D eigenvalue weighted by Gasteiger charge is -2.18. The fraction of sp³-hybridized carbons (Fsp3) is 0.207. The molecular formula is C29H26FN3O6. The lowest BCUT2D eigenvalue weighted by atomic mass is 9.97. The number of carbonyl (C=O) groups is 1. The average molecular weight is 532 g/mol. The second-order valence-electron chi connectivity index (χ2n) is 8.77. The highest BCUT2D eigenvalue weighted by molar-refractivity contribution is 6.07. The van der Waals surface area contributed by atoms with Crippen molar-refractivity contribution in [3.05, 3.63) is 77.5 Å². The summed E-state index contributed by atoms with van der Waals surface area (Å²) in [7, 11) is 3.04. The molecule has 0 saturated heterocycles. The van der Waals surface area contributed by atoms with Crippen molar-refractivity contribution >= 4 is 28.1 Å². The van der Waals surface area contributed by atoms with Crippen LogP contribution in [0.1, 0.15) is 28.0 Å². The summed E-state index contributed by atoms with van der Waals surface area (Å²) < 4.78 is 37.0. The first-order chi connectivity index (χ1) is 18.9. The molecular weight excluding hydrogens is 505 g/mol. The summed E-state index contributed by atoms with van der Waals surface area (Å²) in [5.74, 6) is -0.198. The molecule has 0 fully saturated rings. The quantitative estimate of drug-likeness (QED) is 0.315. The van der Waals surface area contributed by atoms with Crippen molar-refractivity contribution in [2.75, 3.05) is 32.8 Å². The number of aromatic hydroxyl groups is 1. The molecule has 5 rings (SSSR count). The standard InChI is InChI=1S/C29H26FN3O6/c1-16-27(17-7-10-38-11-8-17)28(34)20(15-32-16)29(35)33-18-4-5-24(21(30)12-18)39-23-6-9-31-22-14-26(37-3)25(36-2)13-19(22)23/h4-7,9,12-15H,8,10-11H2,1-3H3,(H,32,34)(H,33,35). The van der Waals surface area contributed by atoms with E-state index in [0.717, 1.165) is 11.6 Å². The minimum absolute atomic E-state index is 0.0173. The van der Waals surface area contributed by atoms with E-state index < -0.39 is 11.7 Å². The van der Waals surface area contributed by atoms with E-state index in [4.69, 9.17) is 18.9 Å². The summed E-state index contributed by atoms with van der Waals surface area (Å²) in [6.07, 6.45) is 5.31. The summed E-state index contributed by atoms with van der Waals surface area (Å²) in [5, 5.41) is 14.1. The second kappa shape index (κ2) is 11.0. The van der Waals surface area contributed by atoms with E-state index in [1.807, 2.05) is 6.08 Å². The molecule has 0 unspecified atom stereocenters. The minimum atomic E-state index is -0.697. The highest BCUT2D eigenvalue weighted by atomic mass is 19.1. The van der Waals surface area contributed by atoms with Crippen molar-refractivity contribution in [3.8, 4) is 28.7 Å². The molecule has 10 heteroatoms. The Hall–Kier alpha value is -4.70. The van der Waals surface area contributed by atoms with Crippen molar-refractivity contribution in [1.82, 2.24) is 9.97 Å². The van der Waals surface area contributed by atoms with E-state index in [2.05, 4.69) is 15.3 Å². The van der Waals surface area contributed by atoms with Gasteiger partial charge in [0.25, 0.3) is 5.91 Å². The zero-order chi connectivity index (χ0) is 27.5. The summed E-state index contributed by atoms with van der Waals surface area (Å²) in [6, 6.07) is 9.07. The zero-order valence-electron chi connectivity index (χ0n) is 21.6. The number of fused-ring (bicyclic) bond motifs is 1. The number of halogens is 1. The minimum Gasteiger partial charge on any atom is -0.506 e. The first-order valence-corrected chi connectivity index (χ1v) is 12.1. The number of methoxy groups -OCH3 is 2. The van der Waals surface area contributed by atoms with Gasteiger partial charge in [0, 0.05) is 46.9 Å². The predicted octanol–water partition coefficient (Wildman–Crippen LogP) is 5.65. The van der Waals surface area contributed by atoms with Gasteiger partial charge in [-0.05, 0) is 43.2 Å². The highest BCUT2D eigenvalue weighted by Gasteiger charge is 2.22. The third-order valence-corrected chi connectivity index (χ3v) is 6.39. The summed E-state index contributed by atoms with van der Waals surface area (Å²) >= 11 is 0. The maximum absolute atomic E-state index is 15.1. The van der Waals surface area contributed by atoms with Gasteiger partial charge < -0.3 is 29.4 Å². The predicted molar refractivity (Wildman–Crippen MR) is 143 cm³/mol. The van der Waals surface area contributed by atoms with Crippen LogP contribution in [-0.2, 0) is 4.74 Å². The first-order valence-electron chi connectivity index (χ1n) is 12.1. The number of benzene rings is 2. The number of aryl methyl sites for hydroxylation is 1. The largest absolute Gasteiger partial charge is 0.506 e. The smallest absolute Gasteiger partial charge is 0.261 e. The number of amides is 1. The Labute approximate surface area is 223 Å². The number of rotatable bonds is 7. The molecule has 39 heavy (non-hydrogen) atoms. The number of ether oxygens (including phenoxy) is 4. The van der Waals surface area contributed by atoms with E-state index in [9.17, 15) is 9.90 Å². The van der Waals surface area contributed by atoms with Crippen LogP contribution >= 0.6 is 0 Å². The Morgan fingerprint density at radius 1 is 1.05 bits per heavy atom. The number of aromatic nitrogens is 2. The Morgan fingerprint density at radius 2 is 1.85 bits per heavy atom. The number of hydrogen-bond acceptors (Lipinski definition) is 8. The Kier molecular flexibility index (Phi) is 7.29. The van der Waals surface area contributed by atoms with Crippen molar-refractivity contribution < 1.29 is 33.2 Å². The van der Waals surface area contributed by atoms with Gasteiger partial charge in [-0.2, -0.15) is 0 Å². The van der Waals surface area contributed by atoms with Crippen LogP contribution in [0.25, 0.3) is 16.5 Å². The molecule has 200 valence electrons. The van der Waals surface area contributed by atoms with Crippen molar-refractivity contribution in [3.63, 3.8) is 0 Å². The summed E-state index contributed by atoms with van der Waals surface area (Å²) in [4.78, 5) is 21.6. The molecule has 2 aromatic heterocycles. The van der Waals surface area contributed by atoms with Crippen molar-refractivity contribution in [2.24, 2.45) is 0 Å². The van der Waals surface area contributed by atoms with Gasteiger partial charge in [0.1, 0.15) is 17.1 Å². The molecule has 1 aliphatic rings. The number of anilines is 1. The fourth-order valence-electron chi connectivity index (χ4n) is 4.41. The van der Waals surface area contributed by atoms with Crippen LogP contribution < -0.4 is 19.5 Å². The molecule has 4 aromatic rings. The molecule has 3 heterocycles. The molecule has 9 nitrogen and oxygen atoms in total. The molecule has 2 aromatic carbocycles. The van der Waals surface area contributed by atoms with Gasteiger partial charge in [-0.3, -0.25) is 14.8 Å². The van der Waals surface area contributed by atoms with E-state index in [0.29, 0.717) is 59.0 Å². The number of nitrogens with zero attached hydrogens (tertiary/aromatic N) is 2. The summed E-state index contributed by atoms with van der Waals surface area (Å²) in [5.41, 5.74) is 2.73. The molecule has 0 aliphatic carbocycles. The lowest BCUT2D eigenvalue weighted by Crippen LogP contribution is -2.14. The maximum Gasteiger partial charge on any atom is 0.261 e. The second-order valence-corrected chi connectivity index (χ2v) is 8.77. The third-order valence-electron chi connectivity index (χ3n) is 6.39. The van der Waals surface area contributed by atoms with Crippen molar-refractivity contribution in [1.29, 1.82) is 0 Å². The number of hydrogen-bond donors (Lipinski definition) is 2. The Balaban J connectivity index is 1.38. The van der Waals surface area contributed by atoms with Gasteiger partial charge in [0.15, 0.2) is 23.1 Å². The molecule has 0 bridgehead atoms. The van der Waals surface area contributed by atoms with E-state index in [1.54, 1.807) is 31.3 Å². The topological polar surface area (TPSA) is 112 Å². The SMILES string of the molecule is COc1cc2nccc(Oc3ccc(NC(=O)c4cnc(C)c(C5=CCOCC5)c4O)cc3F)c2cc1OC. The summed E-state index contributed by atoms with van der Waals surface area (Å²) in [6.45, 7) is 2.71. The highest BCUT2D eigenvalue weighted by Crippen LogP contribution is 2.38. The van der Waals surface area contributed by atoms with Crippen LogP contribution in [0.2, 0.25) is 0 Å². The third kappa shape index (κ3) is 5.19. The number of pyridine rings is 2. The molecule has 0 saturated carbocycles. The van der Waals surface area contributed by atoms with E-state index >= 15 is 4.39 Å². The lowest BCUT2D eigenvalue weighted by molar-refractivity contribution is 0.102. The zero-order valence-corrected chi connectivity index (χ0v) is 21.6. The van der Waals surface area contributed by atoms with Crippen LogP contribution in [-0.4, -0.2) is 48.4 Å². The van der Waals surface area contributed by atoms with Gasteiger partial charge in [0.2, 0.25) is 0 Å². The van der Waals surface area contributed by atoms with Gasteiger partial charge in [-0.1, -0.05) is 6.08 Å². The van der Waals surface area contributed by atoms with Crippen LogP contribution in [0, 0.1) is 12.7 Å². The molecule has 2 N–H and O–H groups in total. The number of carbonyl (C=O) groups excluding carboxylic acids is 1. The Bertz CT molecular complexity index is 1600. The van der Waals surface area contributed by atoms with Gasteiger partial charge >= 0.3 is 0 Å². The fourth-order valence-corrected chi connectivity index (χ4v) is 4.41. The van der Waals surface area contributed by atoms with Crippen LogP contribution in [0.5, 0.6) is 28.7 Å². The molecule has 1 amide bonds. The van der Waals surface area contributed by atoms with E-state index in [1.165, 1.54) is 32.5 Å². The normalized spacial score (nSPS) is 13.1. The molecule has 0 spiro atoms. The van der Waals surface area contributed by atoms with Gasteiger partial charge in [-0.15, -0.1) is 0 Å². The first kappa shape index (κ1) is 25.9. The van der Waals surface area contributed by atoms with Crippen LogP contribution in [0.4, 0.5) is 10.1 Å². The van der Waals surface area contributed by atoms with E-state index in [-0.39, 0.29) is 22.7 Å².